The molecule has 0 aliphatic carbocycles. The molecule has 0 N–H and O–H groups in total. The van der Waals surface area contributed by atoms with Gasteiger partial charge in [0.1, 0.15) is 7.17 Å². The fourth-order valence-corrected chi connectivity index (χ4v) is 5.49. The van der Waals surface area contributed by atoms with Crippen molar-refractivity contribution in [3.05, 3.63) is 71.8 Å². The smallest absolute Gasteiger partial charge is 0.100 e. The first-order chi connectivity index (χ1) is 10.8. The molecule has 0 aromatic heterocycles. The average molecular weight is 326 g/mol. The number of thioether (sulfide) groups is 2. The molecule has 2 aromatic carbocycles. The second-order valence-corrected chi connectivity index (χ2v) is 7.94. The van der Waals surface area contributed by atoms with Gasteiger partial charge < -0.3 is 0 Å². The highest BCUT2D eigenvalue weighted by Gasteiger charge is 2.19. The predicted octanol–water partition coefficient (Wildman–Crippen LogP) is 3.94. The molecule has 0 nitrogen and oxygen atoms in total. The third-order valence-electron chi connectivity index (χ3n) is 3.83. The van der Waals surface area contributed by atoms with Crippen molar-refractivity contribution in [3.63, 3.8) is 0 Å². The van der Waals surface area contributed by atoms with Gasteiger partial charge in [-0.1, -0.05) is 67.6 Å². The van der Waals surface area contributed by atoms with Crippen molar-refractivity contribution in [3.8, 4) is 0 Å². The standard InChI is InChI=1S/C18H24B2S2/c1-2-17(21-13-15-9-5-3-6-10-15)18(20-19)22-14-16-11-7-4-8-12-16/h3-12,17-18,20H,2,13-14,19H2,1H3. The Morgan fingerprint density at radius 1 is 0.864 bits per heavy atom. The van der Waals surface area contributed by atoms with E-state index < -0.39 is 0 Å². The molecule has 2 unspecified atom stereocenters. The Kier molecular flexibility index (Phi) is 8.11. The summed E-state index contributed by atoms with van der Waals surface area (Å²) in [6, 6.07) is 21.7. The van der Waals surface area contributed by atoms with Gasteiger partial charge in [0.15, 0.2) is 0 Å². The molecular weight excluding hydrogens is 302 g/mol. The summed E-state index contributed by atoms with van der Waals surface area (Å²) in [4.78, 5) is 0. The molecular formula is C18H24B2S2. The van der Waals surface area contributed by atoms with Crippen LogP contribution in [0.2, 0.25) is 0 Å². The van der Waals surface area contributed by atoms with Crippen LogP contribution in [0.5, 0.6) is 0 Å². The molecule has 22 heavy (non-hydrogen) atoms. The van der Waals surface area contributed by atoms with E-state index >= 15 is 0 Å². The van der Waals surface area contributed by atoms with Gasteiger partial charge in [0, 0.05) is 16.8 Å². The molecule has 0 fully saturated rings. The third-order valence-corrected chi connectivity index (χ3v) is 7.19. The highest BCUT2D eigenvalue weighted by atomic mass is 32.2. The van der Waals surface area contributed by atoms with Crippen LogP contribution in [0.25, 0.3) is 0 Å². The monoisotopic (exact) mass is 326 g/mol. The lowest BCUT2D eigenvalue weighted by atomic mass is 9.52. The fourth-order valence-electron chi connectivity index (χ4n) is 2.53. The van der Waals surface area contributed by atoms with Crippen LogP contribution in [0.3, 0.4) is 0 Å². The summed E-state index contributed by atoms with van der Waals surface area (Å²) in [5.41, 5.74) is 2.88. The molecule has 0 heterocycles. The van der Waals surface area contributed by atoms with E-state index in [1.54, 1.807) is 0 Å². The highest BCUT2D eigenvalue weighted by Crippen LogP contribution is 2.30. The number of hydrogen-bond donors (Lipinski definition) is 0. The largest absolute Gasteiger partial charge is 0.162 e. The SMILES string of the molecule is BBC(SCc1ccccc1)C(CC)SCc1ccccc1. The van der Waals surface area contributed by atoms with Crippen LogP contribution in [0, 0.1) is 0 Å². The predicted molar refractivity (Wildman–Crippen MR) is 109 cm³/mol. The first kappa shape index (κ1) is 17.6. The Morgan fingerprint density at radius 2 is 1.36 bits per heavy atom. The lowest BCUT2D eigenvalue weighted by Crippen LogP contribution is -2.26. The van der Waals surface area contributed by atoms with E-state index in [1.165, 1.54) is 24.7 Å². The van der Waals surface area contributed by atoms with Crippen LogP contribution < -0.4 is 0 Å². The molecule has 0 saturated carbocycles. The number of hydrogen-bond acceptors (Lipinski definition) is 2. The van der Waals surface area contributed by atoms with Gasteiger partial charge in [0.25, 0.3) is 0 Å². The zero-order valence-electron chi connectivity index (χ0n) is 13.6. The maximum atomic E-state index is 2.33. The van der Waals surface area contributed by atoms with E-state index in [-0.39, 0.29) is 0 Å². The zero-order valence-corrected chi connectivity index (χ0v) is 15.2. The normalized spacial score (nSPS) is 13.5. The van der Waals surface area contributed by atoms with Gasteiger partial charge in [-0.25, -0.2) is 0 Å². The van der Waals surface area contributed by atoms with Crippen LogP contribution in [0.15, 0.2) is 60.7 Å². The van der Waals surface area contributed by atoms with Gasteiger partial charge >= 0.3 is 0 Å². The highest BCUT2D eigenvalue weighted by molar-refractivity contribution is 8.04. The van der Waals surface area contributed by atoms with Gasteiger partial charge in [-0.3, -0.25) is 0 Å². The van der Waals surface area contributed by atoms with Crippen LogP contribution in [-0.4, -0.2) is 25.3 Å². The lowest BCUT2D eigenvalue weighted by Gasteiger charge is -2.24. The van der Waals surface area contributed by atoms with Gasteiger partial charge in [-0.05, 0) is 22.7 Å². The summed E-state index contributed by atoms with van der Waals surface area (Å²) in [5.74, 6) is 2.25. The van der Waals surface area contributed by atoms with E-state index in [1.807, 2.05) is 0 Å². The summed E-state index contributed by atoms with van der Waals surface area (Å²) in [6.45, 7) is 2.33. The van der Waals surface area contributed by atoms with Crippen molar-refractivity contribution in [1.29, 1.82) is 0 Å². The molecule has 0 radical (unpaired) electrons. The molecule has 2 aromatic rings. The summed E-state index contributed by atoms with van der Waals surface area (Å²) >= 11 is 4.24. The van der Waals surface area contributed by atoms with Crippen LogP contribution in [0.1, 0.15) is 24.5 Å². The Labute approximate surface area is 145 Å². The summed E-state index contributed by atoms with van der Waals surface area (Å²) in [6.07, 6.45) is 1.25. The second-order valence-electron chi connectivity index (χ2n) is 5.49. The van der Waals surface area contributed by atoms with E-state index in [0.717, 1.165) is 21.9 Å². The van der Waals surface area contributed by atoms with Crippen LogP contribution in [-0.2, 0) is 11.5 Å². The molecule has 0 amide bonds. The molecule has 4 heteroatoms. The van der Waals surface area contributed by atoms with Crippen LogP contribution >= 0.6 is 23.5 Å². The van der Waals surface area contributed by atoms with Crippen molar-refractivity contribution >= 4 is 38.4 Å². The van der Waals surface area contributed by atoms with E-state index in [0.29, 0.717) is 0 Å². The Morgan fingerprint density at radius 3 is 1.82 bits per heavy atom. The summed E-state index contributed by atoms with van der Waals surface area (Å²) in [5, 5.41) is 1.47. The van der Waals surface area contributed by atoms with Gasteiger partial charge in [-0.15, -0.1) is 0 Å². The van der Waals surface area contributed by atoms with Gasteiger partial charge in [0.05, 0.1) is 7.74 Å². The number of rotatable bonds is 9. The quantitative estimate of drug-likeness (QED) is 0.640. The van der Waals surface area contributed by atoms with E-state index in [9.17, 15) is 0 Å². The topological polar surface area (TPSA) is 0 Å². The zero-order chi connectivity index (χ0) is 15.6. The summed E-state index contributed by atoms with van der Waals surface area (Å²) < 4.78 is 0. The Hall–Kier alpha value is -0.730. The molecule has 114 valence electrons. The first-order valence-corrected chi connectivity index (χ1v) is 10.2. The molecule has 0 bridgehead atoms. The van der Waals surface area contributed by atoms with Crippen LogP contribution in [0.4, 0.5) is 0 Å². The van der Waals surface area contributed by atoms with Crippen molar-refractivity contribution in [2.45, 2.75) is 35.2 Å². The van der Waals surface area contributed by atoms with E-state index in [4.69, 9.17) is 0 Å². The number of benzene rings is 2. The molecule has 0 aliphatic heterocycles. The second kappa shape index (κ2) is 10.1. The lowest BCUT2D eigenvalue weighted by molar-refractivity contribution is 0.882. The minimum atomic E-state index is 0.735. The van der Waals surface area contributed by atoms with E-state index in [2.05, 4.69) is 98.8 Å². The minimum absolute atomic E-state index is 0.735. The van der Waals surface area contributed by atoms with Crippen molar-refractivity contribution < 1.29 is 0 Å². The Bertz CT molecular complexity index is 470. The molecule has 0 aliphatic rings. The summed E-state index contributed by atoms with van der Waals surface area (Å²) in [7, 11) is 3.58. The molecule has 2 atom stereocenters. The maximum absolute atomic E-state index is 2.33. The molecule has 2 rings (SSSR count). The minimum Gasteiger partial charge on any atom is -0.162 e. The van der Waals surface area contributed by atoms with Crippen molar-refractivity contribution in [2.75, 3.05) is 0 Å². The average Bonchev–Trinajstić information content (AvgIpc) is 2.59. The third kappa shape index (κ3) is 5.81. The van der Waals surface area contributed by atoms with Gasteiger partial charge in [-0.2, -0.15) is 23.5 Å². The van der Waals surface area contributed by atoms with Gasteiger partial charge in [0.2, 0.25) is 0 Å². The first-order valence-electron chi connectivity index (χ1n) is 8.14. The molecule has 0 saturated heterocycles. The maximum Gasteiger partial charge on any atom is 0.100 e. The fraction of sp³-hybridized carbons (Fsp3) is 0.333. The molecule has 0 spiro atoms. The Balaban J connectivity index is 1.86. The van der Waals surface area contributed by atoms with Crippen molar-refractivity contribution in [1.82, 2.24) is 0 Å². The van der Waals surface area contributed by atoms with Crippen molar-refractivity contribution in [2.24, 2.45) is 0 Å².